The molecule has 112 valence electrons. The van der Waals surface area contributed by atoms with Crippen LogP contribution in [0, 0.1) is 0 Å². The summed E-state index contributed by atoms with van der Waals surface area (Å²) in [5.74, 6) is 1.15. The van der Waals surface area contributed by atoms with Gasteiger partial charge in [-0.3, -0.25) is 0 Å². The van der Waals surface area contributed by atoms with Crippen LogP contribution in [0.3, 0.4) is 0 Å². The average Bonchev–Trinajstić information content (AvgIpc) is 2.77. The largest absolute Gasteiger partial charge is 0.351 e. The lowest BCUT2D eigenvalue weighted by Crippen LogP contribution is -2.36. The Morgan fingerprint density at radius 2 is 2.05 bits per heavy atom. The van der Waals surface area contributed by atoms with E-state index in [1.165, 1.54) is 19.3 Å². The molecule has 0 saturated carbocycles. The Bertz CT molecular complexity index is 436. The second-order valence-corrected chi connectivity index (χ2v) is 6.99. The number of anilines is 1. The third kappa shape index (κ3) is 3.72. The lowest BCUT2D eigenvalue weighted by atomic mass is 10.1. The van der Waals surface area contributed by atoms with Crippen molar-refractivity contribution in [2.75, 3.05) is 4.90 Å². The normalized spacial score (nSPS) is 23.4. The Kier molecular flexibility index (Phi) is 4.69. The van der Waals surface area contributed by atoms with Gasteiger partial charge in [0.2, 0.25) is 0 Å². The monoisotopic (exact) mass is 275 g/mol. The molecule has 3 nitrogen and oxygen atoms in total. The molecule has 3 heteroatoms. The van der Waals surface area contributed by atoms with Gasteiger partial charge in [-0.25, -0.2) is 4.98 Å². The van der Waals surface area contributed by atoms with Gasteiger partial charge in [0.25, 0.3) is 0 Å². The quantitative estimate of drug-likeness (QED) is 0.907. The smallest absolute Gasteiger partial charge is 0.129 e. The van der Waals surface area contributed by atoms with E-state index in [0.29, 0.717) is 12.1 Å². The molecule has 1 N–H and O–H groups in total. The first-order valence-corrected chi connectivity index (χ1v) is 7.90. The number of pyridine rings is 1. The van der Waals surface area contributed by atoms with Crippen molar-refractivity contribution in [3.8, 4) is 0 Å². The number of hydrogen-bond acceptors (Lipinski definition) is 3. The van der Waals surface area contributed by atoms with Crippen molar-refractivity contribution in [2.45, 2.75) is 78.0 Å². The molecule has 0 aliphatic carbocycles. The molecule has 0 radical (unpaired) electrons. The molecule has 0 spiro atoms. The van der Waals surface area contributed by atoms with Gasteiger partial charge in [0.1, 0.15) is 5.82 Å². The summed E-state index contributed by atoms with van der Waals surface area (Å²) >= 11 is 0. The van der Waals surface area contributed by atoms with Crippen LogP contribution in [0.25, 0.3) is 0 Å². The van der Waals surface area contributed by atoms with Crippen molar-refractivity contribution >= 4 is 5.82 Å². The van der Waals surface area contributed by atoms with E-state index in [4.69, 9.17) is 4.98 Å². The van der Waals surface area contributed by atoms with Gasteiger partial charge >= 0.3 is 0 Å². The molecule has 1 aromatic heterocycles. The van der Waals surface area contributed by atoms with Gasteiger partial charge in [0.05, 0.1) is 5.69 Å². The van der Waals surface area contributed by atoms with Gasteiger partial charge in [-0.2, -0.15) is 0 Å². The summed E-state index contributed by atoms with van der Waals surface area (Å²) in [4.78, 5) is 7.38. The zero-order chi connectivity index (χ0) is 14.8. The van der Waals surface area contributed by atoms with Crippen LogP contribution >= 0.6 is 0 Å². The van der Waals surface area contributed by atoms with E-state index in [1.54, 1.807) is 0 Å². The Morgan fingerprint density at radius 3 is 2.70 bits per heavy atom. The minimum atomic E-state index is 0.130. The second kappa shape index (κ2) is 6.13. The summed E-state index contributed by atoms with van der Waals surface area (Å²) in [5, 5.41) is 3.51. The van der Waals surface area contributed by atoms with Gasteiger partial charge in [0.15, 0.2) is 0 Å². The lowest BCUT2D eigenvalue weighted by molar-refractivity contribution is 0.421. The van der Waals surface area contributed by atoms with Gasteiger partial charge in [-0.15, -0.1) is 0 Å². The second-order valence-electron chi connectivity index (χ2n) is 6.99. The Hall–Kier alpha value is -1.09. The number of rotatable bonds is 4. The van der Waals surface area contributed by atoms with Gasteiger partial charge in [0, 0.05) is 24.2 Å². The maximum Gasteiger partial charge on any atom is 0.129 e. The van der Waals surface area contributed by atoms with Crippen LogP contribution in [0.1, 0.15) is 59.6 Å². The van der Waals surface area contributed by atoms with Crippen molar-refractivity contribution in [1.82, 2.24) is 10.3 Å². The van der Waals surface area contributed by atoms with Crippen LogP contribution in [-0.4, -0.2) is 22.6 Å². The standard InChI is InChI=1S/C17H29N3/c1-6-15-11-10-13(2)20(15)16-9-7-8-14(19-16)12-18-17(3,4)5/h7-9,13,15,18H,6,10-12H2,1-5H3. The zero-order valence-electron chi connectivity index (χ0n) is 13.6. The lowest BCUT2D eigenvalue weighted by Gasteiger charge is -2.29. The van der Waals surface area contributed by atoms with E-state index < -0.39 is 0 Å². The molecule has 1 fully saturated rings. The third-order valence-corrected chi connectivity index (χ3v) is 4.11. The van der Waals surface area contributed by atoms with Crippen LogP contribution in [0.15, 0.2) is 18.2 Å². The highest BCUT2D eigenvalue weighted by Crippen LogP contribution is 2.30. The number of aromatic nitrogens is 1. The number of hydrogen-bond donors (Lipinski definition) is 1. The van der Waals surface area contributed by atoms with Crippen LogP contribution in [0.4, 0.5) is 5.82 Å². The van der Waals surface area contributed by atoms with Gasteiger partial charge in [-0.1, -0.05) is 13.0 Å². The predicted octanol–water partition coefficient (Wildman–Crippen LogP) is 3.74. The number of nitrogens with zero attached hydrogens (tertiary/aromatic N) is 2. The Morgan fingerprint density at radius 1 is 1.30 bits per heavy atom. The Labute approximate surface area is 123 Å². The summed E-state index contributed by atoms with van der Waals surface area (Å²) < 4.78 is 0. The molecule has 1 saturated heterocycles. The maximum absolute atomic E-state index is 4.87. The summed E-state index contributed by atoms with van der Waals surface area (Å²) in [5.41, 5.74) is 1.26. The summed E-state index contributed by atoms with van der Waals surface area (Å²) in [7, 11) is 0. The molecule has 2 atom stereocenters. The van der Waals surface area contributed by atoms with E-state index in [-0.39, 0.29) is 5.54 Å². The van der Waals surface area contributed by atoms with Gasteiger partial charge in [-0.05, 0) is 59.1 Å². The molecule has 1 aliphatic rings. The van der Waals surface area contributed by atoms with E-state index in [2.05, 4.69) is 63.0 Å². The highest BCUT2D eigenvalue weighted by molar-refractivity contribution is 5.43. The summed E-state index contributed by atoms with van der Waals surface area (Å²) in [6.45, 7) is 12.0. The van der Waals surface area contributed by atoms with Crippen LogP contribution in [-0.2, 0) is 6.54 Å². The first kappa shape index (κ1) is 15.3. The van der Waals surface area contributed by atoms with Crippen molar-refractivity contribution in [1.29, 1.82) is 0 Å². The highest BCUT2D eigenvalue weighted by atomic mass is 15.3. The molecular formula is C17H29N3. The molecule has 2 unspecified atom stereocenters. The average molecular weight is 275 g/mol. The third-order valence-electron chi connectivity index (χ3n) is 4.11. The highest BCUT2D eigenvalue weighted by Gasteiger charge is 2.30. The molecular weight excluding hydrogens is 246 g/mol. The molecule has 20 heavy (non-hydrogen) atoms. The summed E-state index contributed by atoms with van der Waals surface area (Å²) in [6, 6.07) is 7.68. The van der Waals surface area contributed by atoms with Crippen molar-refractivity contribution in [2.24, 2.45) is 0 Å². The minimum Gasteiger partial charge on any atom is -0.351 e. The molecule has 0 bridgehead atoms. The van der Waals surface area contributed by atoms with Crippen LogP contribution in [0.2, 0.25) is 0 Å². The Balaban J connectivity index is 2.13. The zero-order valence-corrected chi connectivity index (χ0v) is 13.6. The molecule has 2 rings (SSSR count). The van der Waals surface area contributed by atoms with Gasteiger partial charge < -0.3 is 10.2 Å². The fraction of sp³-hybridized carbons (Fsp3) is 0.706. The predicted molar refractivity (Wildman–Crippen MR) is 86.1 cm³/mol. The van der Waals surface area contributed by atoms with E-state index in [9.17, 15) is 0 Å². The topological polar surface area (TPSA) is 28.2 Å². The first-order valence-electron chi connectivity index (χ1n) is 7.90. The van der Waals surface area contributed by atoms with Crippen molar-refractivity contribution in [3.63, 3.8) is 0 Å². The maximum atomic E-state index is 4.87. The number of nitrogens with one attached hydrogen (secondary N) is 1. The minimum absolute atomic E-state index is 0.130. The van der Waals surface area contributed by atoms with Crippen LogP contribution < -0.4 is 10.2 Å². The fourth-order valence-corrected chi connectivity index (χ4v) is 2.95. The van der Waals surface area contributed by atoms with E-state index >= 15 is 0 Å². The first-order chi connectivity index (χ1) is 9.40. The fourth-order valence-electron chi connectivity index (χ4n) is 2.95. The molecule has 2 heterocycles. The van der Waals surface area contributed by atoms with Crippen LogP contribution in [0.5, 0.6) is 0 Å². The summed E-state index contributed by atoms with van der Waals surface area (Å²) in [6.07, 6.45) is 3.78. The van der Waals surface area contributed by atoms with Crippen molar-refractivity contribution < 1.29 is 0 Å². The van der Waals surface area contributed by atoms with Crippen molar-refractivity contribution in [3.05, 3.63) is 23.9 Å². The molecule has 0 amide bonds. The molecule has 0 aromatic carbocycles. The van der Waals surface area contributed by atoms with E-state index in [0.717, 1.165) is 18.1 Å². The molecule has 1 aliphatic heterocycles. The molecule has 1 aromatic rings. The van der Waals surface area contributed by atoms with E-state index in [1.807, 2.05) is 0 Å². The SMILES string of the molecule is CCC1CCC(C)N1c1cccc(CNC(C)(C)C)n1.